The summed E-state index contributed by atoms with van der Waals surface area (Å²) < 4.78 is 5.64. The number of piperidine rings is 2. The normalized spacial score (nSPS) is 21.0. The van der Waals surface area contributed by atoms with Crippen LogP contribution in [0.2, 0.25) is 0 Å². The molecule has 28 heavy (non-hydrogen) atoms. The van der Waals surface area contributed by atoms with Crippen LogP contribution in [0.15, 0.2) is 30.3 Å². The van der Waals surface area contributed by atoms with Crippen LogP contribution in [0.1, 0.15) is 32.1 Å². The molecule has 6 heteroatoms. The molecule has 0 radical (unpaired) electrons. The van der Waals surface area contributed by atoms with Crippen LogP contribution >= 0.6 is 0 Å². The number of likely N-dealkylation sites (tertiary alicyclic amines) is 2. The average molecular weight is 388 g/mol. The summed E-state index contributed by atoms with van der Waals surface area (Å²) in [6.07, 6.45) is 4.20. The van der Waals surface area contributed by atoms with Gasteiger partial charge >= 0.3 is 0 Å². The Balaban J connectivity index is 1.44. The third-order valence-electron chi connectivity index (χ3n) is 5.96. The molecule has 0 spiro atoms. The Kier molecular flexibility index (Phi) is 7.31. The maximum absolute atomic E-state index is 12.9. The van der Waals surface area contributed by atoms with Crippen molar-refractivity contribution in [2.75, 3.05) is 46.9 Å². The quantitative estimate of drug-likeness (QED) is 0.751. The Morgan fingerprint density at radius 2 is 1.75 bits per heavy atom. The number of carbonyl (C=O) groups is 2. The highest BCUT2D eigenvalue weighted by Gasteiger charge is 2.33. The van der Waals surface area contributed by atoms with Crippen molar-refractivity contribution in [1.82, 2.24) is 14.7 Å². The van der Waals surface area contributed by atoms with Crippen molar-refractivity contribution >= 4 is 11.8 Å². The number of carbonyl (C=O) groups excluding carboxylic acids is 2. The fourth-order valence-corrected chi connectivity index (χ4v) is 4.20. The lowest BCUT2D eigenvalue weighted by Gasteiger charge is -2.39. The van der Waals surface area contributed by atoms with Gasteiger partial charge in [0.15, 0.2) is 0 Å². The summed E-state index contributed by atoms with van der Waals surface area (Å²) in [5.41, 5.74) is 0. The molecule has 0 aromatic heterocycles. The molecule has 2 aliphatic heterocycles. The van der Waals surface area contributed by atoms with Gasteiger partial charge in [-0.1, -0.05) is 18.2 Å². The number of nitrogens with zero attached hydrogens (tertiary/aromatic N) is 3. The van der Waals surface area contributed by atoms with Crippen LogP contribution in [-0.2, 0) is 9.59 Å². The second-order valence-electron chi connectivity index (χ2n) is 8.11. The third kappa shape index (κ3) is 5.47. The van der Waals surface area contributed by atoms with Crippen LogP contribution < -0.4 is 4.74 Å². The van der Waals surface area contributed by atoms with Crippen LogP contribution in [-0.4, -0.2) is 79.4 Å². The number of para-hydroxylation sites is 1. The summed E-state index contributed by atoms with van der Waals surface area (Å²) in [5.74, 6) is 1.04. The van der Waals surface area contributed by atoms with Crippen LogP contribution in [0, 0.1) is 5.92 Å². The van der Waals surface area contributed by atoms with Gasteiger partial charge in [-0.2, -0.15) is 0 Å². The van der Waals surface area contributed by atoms with Gasteiger partial charge in [0.2, 0.25) is 11.8 Å². The zero-order valence-electron chi connectivity index (χ0n) is 17.2. The van der Waals surface area contributed by atoms with Crippen molar-refractivity contribution in [1.29, 1.82) is 0 Å². The molecular formula is C22H33N3O3. The zero-order chi connectivity index (χ0) is 19.9. The minimum atomic E-state index is -0.0522. The molecule has 0 saturated carbocycles. The van der Waals surface area contributed by atoms with E-state index in [1.807, 2.05) is 40.1 Å². The standard InChI is InChI=1S/C22H33N3O3/c1-23(2)19-10-14-24(15-11-19)22(27)18-7-6-13-25(17-18)21(26)12-16-28-20-8-4-3-5-9-20/h3-5,8-9,18-19H,6-7,10-17H2,1-2H3. The van der Waals surface area contributed by atoms with Gasteiger partial charge in [0, 0.05) is 32.2 Å². The number of ether oxygens (including phenoxy) is 1. The predicted molar refractivity (Wildman–Crippen MR) is 109 cm³/mol. The largest absolute Gasteiger partial charge is 0.493 e. The number of hydrogen-bond donors (Lipinski definition) is 0. The molecule has 1 aromatic carbocycles. The molecule has 3 rings (SSSR count). The lowest BCUT2D eigenvalue weighted by molar-refractivity contribution is -0.142. The van der Waals surface area contributed by atoms with E-state index in [1.165, 1.54) is 0 Å². The van der Waals surface area contributed by atoms with Crippen LogP contribution in [0.4, 0.5) is 0 Å². The Morgan fingerprint density at radius 3 is 2.43 bits per heavy atom. The minimum Gasteiger partial charge on any atom is -0.493 e. The molecule has 2 saturated heterocycles. The van der Waals surface area contributed by atoms with Crippen molar-refractivity contribution in [3.8, 4) is 5.75 Å². The summed E-state index contributed by atoms with van der Waals surface area (Å²) in [6.45, 7) is 3.33. The van der Waals surface area contributed by atoms with Crippen LogP contribution in [0.25, 0.3) is 0 Å². The highest BCUT2D eigenvalue weighted by molar-refractivity contribution is 5.81. The van der Waals surface area contributed by atoms with E-state index >= 15 is 0 Å². The van der Waals surface area contributed by atoms with E-state index in [0.29, 0.717) is 25.6 Å². The molecule has 154 valence electrons. The summed E-state index contributed by atoms with van der Waals surface area (Å²) in [6, 6.07) is 10.1. The molecule has 0 aliphatic carbocycles. The zero-order valence-corrected chi connectivity index (χ0v) is 17.2. The van der Waals surface area contributed by atoms with Gasteiger partial charge in [-0.05, 0) is 51.9 Å². The van der Waals surface area contributed by atoms with Gasteiger partial charge in [0.05, 0.1) is 18.9 Å². The maximum Gasteiger partial charge on any atom is 0.227 e. The molecule has 2 heterocycles. The van der Waals surface area contributed by atoms with Gasteiger partial charge in [-0.25, -0.2) is 0 Å². The van der Waals surface area contributed by atoms with E-state index < -0.39 is 0 Å². The average Bonchev–Trinajstić information content (AvgIpc) is 2.74. The van der Waals surface area contributed by atoms with Crippen molar-refractivity contribution in [3.05, 3.63) is 30.3 Å². The first kappa shape index (κ1) is 20.6. The molecule has 2 fully saturated rings. The molecule has 1 unspecified atom stereocenters. The van der Waals surface area contributed by atoms with E-state index in [1.54, 1.807) is 0 Å². The smallest absolute Gasteiger partial charge is 0.227 e. The topological polar surface area (TPSA) is 53.1 Å². The molecule has 1 atom stereocenters. The molecule has 1 aromatic rings. The number of rotatable bonds is 6. The van der Waals surface area contributed by atoms with E-state index in [-0.39, 0.29) is 17.7 Å². The summed E-state index contributed by atoms with van der Waals surface area (Å²) in [4.78, 5) is 31.6. The van der Waals surface area contributed by atoms with E-state index in [2.05, 4.69) is 19.0 Å². The summed E-state index contributed by atoms with van der Waals surface area (Å²) >= 11 is 0. The van der Waals surface area contributed by atoms with Gasteiger partial charge in [-0.3, -0.25) is 9.59 Å². The third-order valence-corrected chi connectivity index (χ3v) is 5.96. The first-order valence-corrected chi connectivity index (χ1v) is 10.5. The van der Waals surface area contributed by atoms with E-state index in [9.17, 15) is 9.59 Å². The highest BCUT2D eigenvalue weighted by atomic mass is 16.5. The van der Waals surface area contributed by atoms with Gasteiger partial charge in [0.25, 0.3) is 0 Å². The highest BCUT2D eigenvalue weighted by Crippen LogP contribution is 2.23. The fraction of sp³-hybridized carbons (Fsp3) is 0.636. The molecule has 2 amide bonds. The Bertz CT molecular complexity index is 642. The maximum atomic E-state index is 12.9. The Labute approximate surface area is 168 Å². The van der Waals surface area contributed by atoms with E-state index in [0.717, 1.165) is 51.1 Å². The molecule has 0 N–H and O–H groups in total. The Hall–Kier alpha value is -2.08. The van der Waals surface area contributed by atoms with Crippen molar-refractivity contribution in [3.63, 3.8) is 0 Å². The van der Waals surface area contributed by atoms with Gasteiger partial charge < -0.3 is 19.4 Å². The summed E-state index contributed by atoms with van der Waals surface area (Å²) in [7, 11) is 4.21. The molecule has 6 nitrogen and oxygen atoms in total. The van der Waals surface area contributed by atoms with Crippen molar-refractivity contribution < 1.29 is 14.3 Å². The lowest BCUT2D eigenvalue weighted by atomic mass is 9.94. The second-order valence-corrected chi connectivity index (χ2v) is 8.11. The number of hydrogen-bond acceptors (Lipinski definition) is 4. The SMILES string of the molecule is CN(C)C1CCN(C(=O)C2CCCN(C(=O)CCOc3ccccc3)C2)CC1. The predicted octanol–water partition coefficient (Wildman–Crippen LogP) is 2.25. The molecular weight excluding hydrogens is 354 g/mol. The molecule has 2 aliphatic rings. The van der Waals surface area contributed by atoms with Crippen molar-refractivity contribution in [2.45, 2.75) is 38.1 Å². The van der Waals surface area contributed by atoms with Gasteiger partial charge in [0.1, 0.15) is 5.75 Å². The monoisotopic (exact) mass is 387 g/mol. The fourth-order valence-electron chi connectivity index (χ4n) is 4.20. The minimum absolute atomic E-state index is 0.0522. The van der Waals surface area contributed by atoms with Crippen LogP contribution in [0.5, 0.6) is 5.75 Å². The van der Waals surface area contributed by atoms with Crippen molar-refractivity contribution in [2.24, 2.45) is 5.92 Å². The van der Waals surface area contributed by atoms with E-state index in [4.69, 9.17) is 4.74 Å². The summed E-state index contributed by atoms with van der Waals surface area (Å²) in [5, 5.41) is 0. The first-order valence-electron chi connectivity index (χ1n) is 10.5. The molecule has 0 bridgehead atoms. The van der Waals surface area contributed by atoms with Crippen LogP contribution in [0.3, 0.4) is 0 Å². The lowest BCUT2D eigenvalue weighted by Crippen LogP contribution is -2.50. The number of amides is 2. The van der Waals surface area contributed by atoms with Gasteiger partial charge in [-0.15, -0.1) is 0 Å². The number of benzene rings is 1. The Morgan fingerprint density at radius 1 is 1.04 bits per heavy atom. The second kappa shape index (κ2) is 9.92. The first-order chi connectivity index (χ1) is 13.5.